The first-order valence-electron chi connectivity index (χ1n) is 11.1. The zero-order valence-electron chi connectivity index (χ0n) is 18.5. The van der Waals surface area contributed by atoms with Crippen LogP contribution >= 0.6 is 0 Å². The van der Waals surface area contributed by atoms with E-state index in [1.807, 2.05) is 30.3 Å². The molecule has 7 nitrogen and oxygen atoms in total. The molecule has 2 aromatic carbocycles. The van der Waals surface area contributed by atoms with Crippen molar-refractivity contribution in [3.63, 3.8) is 0 Å². The van der Waals surface area contributed by atoms with Crippen molar-refractivity contribution in [2.24, 2.45) is 0 Å². The van der Waals surface area contributed by atoms with Gasteiger partial charge in [0.1, 0.15) is 35.6 Å². The Morgan fingerprint density at radius 3 is 2.61 bits per heavy atom. The van der Waals surface area contributed by atoms with Gasteiger partial charge in [0.2, 0.25) is 0 Å². The molecule has 2 heterocycles. The largest absolute Gasteiger partial charge is 0.494 e. The highest BCUT2D eigenvalue weighted by Gasteiger charge is 2.36. The third-order valence-corrected chi connectivity index (χ3v) is 5.79. The van der Waals surface area contributed by atoms with E-state index >= 15 is 0 Å². The summed E-state index contributed by atoms with van der Waals surface area (Å²) < 4.78 is 35.4. The second-order valence-electron chi connectivity index (χ2n) is 8.43. The number of halogens is 2. The number of β-amino-alcohol motifs (C(OH)–C–C–N with tert-alkyl or cyclic N) is 1. The zero-order valence-corrected chi connectivity index (χ0v) is 18.5. The first-order valence-corrected chi connectivity index (χ1v) is 11.1. The molecule has 1 aliphatic rings. The van der Waals surface area contributed by atoms with Gasteiger partial charge in [-0.25, -0.2) is 18.4 Å². The lowest BCUT2D eigenvalue weighted by Gasteiger charge is -2.40. The molecule has 176 valence electrons. The number of para-hydroxylation sites is 1. The Morgan fingerprint density at radius 1 is 1.03 bits per heavy atom. The van der Waals surface area contributed by atoms with Crippen LogP contribution in [-0.4, -0.2) is 69.1 Å². The van der Waals surface area contributed by atoms with Crippen LogP contribution in [0.2, 0.25) is 0 Å². The molecule has 0 saturated carbocycles. The Kier molecular flexibility index (Phi) is 7.64. The summed E-state index contributed by atoms with van der Waals surface area (Å²) in [6.45, 7) is 4.05. The number of hydrogen-bond donors (Lipinski definition) is 1. The third-order valence-electron chi connectivity index (χ3n) is 5.79. The summed E-state index contributed by atoms with van der Waals surface area (Å²) in [5.41, 5.74) is -1.54. The molecular weight excluding hydrogens is 428 g/mol. The number of aromatic nitrogens is 3. The summed E-state index contributed by atoms with van der Waals surface area (Å²) in [6, 6.07) is 13.0. The lowest BCUT2D eigenvalue weighted by Crippen LogP contribution is -2.52. The average molecular weight is 458 g/mol. The molecule has 33 heavy (non-hydrogen) atoms. The van der Waals surface area contributed by atoms with E-state index in [1.54, 1.807) is 0 Å². The lowest BCUT2D eigenvalue weighted by atomic mass is 9.92. The van der Waals surface area contributed by atoms with Crippen LogP contribution in [0, 0.1) is 11.6 Å². The Labute approximate surface area is 192 Å². The van der Waals surface area contributed by atoms with Gasteiger partial charge in [0, 0.05) is 37.8 Å². The van der Waals surface area contributed by atoms with E-state index in [2.05, 4.69) is 19.9 Å². The van der Waals surface area contributed by atoms with Crippen LogP contribution in [0.1, 0.15) is 18.4 Å². The van der Waals surface area contributed by atoms with Crippen molar-refractivity contribution < 1.29 is 18.6 Å². The van der Waals surface area contributed by atoms with E-state index in [4.69, 9.17) is 4.74 Å². The topological polar surface area (TPSA) is 66.7 Å². The highest BCUT2D eigenvalue weighted by Crippen LogP contribution is 2.28. The van der Waals surface area contributed by atoms with Gasteiger partial charge in [-0.1, -0.05) is 24.3 Å². The molecule has 4 rings (SSSR count). The second kappa shape index (κ2) is 10.8. The van der Waals surface area contributed by atoms with E-state index in [0.717, 1.165) is 44.3 Å². The number of nitrogens with zero attached hydrogens (tertiary/aromatic N) is 5. The van der Waals surface area contributed by atoms with Crippen LogP contribution in [-0.2, 0) is 12.1 Å². The molecule has 0 bridgehead atoms. The fraction of sp³-hybridized carbons (Fsp3) is 0.417. The van der Waals surface area contributed by atoms with E-state index in [0.29, 0.717) is 13.3 Å². The Bertz CT molecular complexity index is 1010. The number of ether oxygens (including phenoxy) is 1. The molecule has 1 N–H and O–H groups in total. The summed E-state index contributed by atoms with van der Waals surface area (Å²) >= 11 is 0. The predicted octanol–water partition coefficient (Wildman–Crippen LogP) is 2.88. The maximum Gasteiger partial charge on any atom is 0.137 e. The van der Waals surface area contributed by atoms with E-state index in [1.165, 1.54) is 29.5 Å². The van der Waals surface area contributed by atoms with E-state index < -0.39 is 17.2 Å². The Hall–Kier alpha value is -2.88. The van der Waals surface area contributed by atoms with Gasteiger partial charge in [-0.15, -0.1) is 0 Å². The number of rotatable bonds is 10. The number of aliphatic hydroxyl groups is 1. The monoisotopic (exact) mass is 457 g/mol. The smallest absolute Gasteiger partial charge is 0.137 e. The summed E-state index contributed by atoms with van der Waals surface area (Å²) in [7, 11) is 0. The molecule has 0 spiro atoms. The minimum Gasteiger partial charge on any atom is -0.494 e. The van der Waals surface area contributed by atoms with Crippen molar-refractivity contribution >= 4 is 0 Å². The summed E-state index contributed by atoms with van der Waals surface area (Å²) in [5, 5.41) is 15.6. The maximum atomic E-state index is 14.7. The quantitative estimate of drug-likeness (QED) is 0.473. The highest BCUT2D eigenvalue weighted by atomic mass is 19.1. The molecule has 1 saturated heterocycles. The zero-order chi connectivity index (χ0) is 23.1. The van der Waals surface area contributed by atoms with Crippen molar-refractivity contribution in [2.45, 2.75) is 25.0 Å². The normalized spacial score (nSPS) is 17.1. The molecule has 0 amide bonds. The number of hydrogen-bond acceptors (Lipinski definition) is 6. The van der Waals surface area contributed by atoms with Gasteiger partial charge < -0.3 is 9.84 Å². The summed E-state index contributed by atoms with van der Waals surface area (Å²) in [5.74, 6) is -0.594. The van der Waals surface area contributed by atoms with Crippen LogP contribution < -0.4 is 4.74 Å². The molecule has 1 aliphatic heterocycles. The fourth-order valence-electron chi connectivity index (χ4n) is 4.29. The van der Waals surface area contributed by atoms with Gasteiger partial charge in [-0.05, 0) is 31.0 Å². The van der Waals surface area contributed by atoms with Crippen LogP contribution in [0.3, 0.4) is 0 Å². The predicted molar refractivity (Wildman–Crippen MR) is 119 cm³/mol. The number of benzene rings is 2. The fourth-order valence-corrected chi connectivity index (χ4v) is 4.29. The molecule has 9 heteroatoms. The molecule has 1 fully saturated rings. The van der Waals surface area contributed by atoms with Crippen LogP contribution in [0.15, 0.2) is 61.2 Å². The molecule has 0 radical (unpaired) electrons. The van der Waals surface area contributed by atoms with Gasteiger partial charge in [-0.2, -0.15) is 5.10 Å². The van der Waals surface area contributed by atoms with Crippen molar-refractivity contribution in [1.29, 1.82) is 0 Å². The average Bonchev–Trinajstić information content (AvgIpc) is 3.30. The molecule has 1 atom stereocenters. The third kappa shape index (κ3) is 6.34. The SMILES string of the molecule is OC(CN1CCCN(CCCOc2ccccc2)C1)(Cn1cncn1)c1ccc(F)cc1F. The Balaban J connectivity index is 1.38. The van der Waals surface area contributed by atoms with Crippen molar-refractivity contribution in [1.82, 2.24) is 24.6 Å². The summed E-state index contributed by atoms with van der Waals surface area (Å²) in [4.78, 5) is 8.31. The first kappa shape index (κ1) is 23.3. The molecule has 1 unspecified atom stereocenters. The van der Waals surface area contributed by atoms with Crippen molar-refractivity contribution in [3.05, 3.63) is 78.4 Å². The van der Waals surface area contributed by atoms with Gasteiger partial charge in [-0.3, -0.25) is 9.80 Å². The minimum atomic E-state index is -1.59. The molecular formula is C24H29F2N5O2. The van der Waals surface area contributed by atoms with Gasteiger partial charge in [0.25, 0.3) is 0 Å². The van der Waals surface area contributed by atoms with E-state index in [-0.39, 0.29) is 18.7 Å². The maximum absolute atomic E-state index is 14.7. The van der Waals surface area contributed by atoms with Gasteiger partial charge >= 0.3 is 0 Å². The highest BCUT2D eigenvalue weighted by molar-refractivity contribution is 5.26. The minimum absolute atomic E-state index is 0.0109. The lowest BCUT2D eigenvalue weighted by molar-refractivity contribution is -0.0442. The molecule has 3 aromatic rings. The van der Waals surface area contributed by atoms with Crippen LogP contribution in [0.4, 0.5) is 8.78 Å². The van der Waals surface area contributed by atoms with Crippen molar-refractivity contribution in [3.8, 4) is 5.75 Å². The Morgan fingerprint density at radius 2 is 1.85 bits per heavy atom. The van der Waals surface area contributed by atoms with Crippen LogP contribution in [0.5, 0.6) is 5.75 Å². The standard InChI is InChI=1S/C24H29F2N5O2/c25-20-8-9-22(23(26)14-20)24(32,16-31-18-27-17-28-31)15-30-11-4-10-29(19-30)12-5-13-33-21-6-2-1-3-7-21/h1-3,6-9,14,17-18,32H,4-5,10-13,15-16,19H2. The molecule has 0 aliphatic carbocycles. The van der Waals surface area contributed by atoms with E-state index in [9.17, 15) is 13.9 Å². The summed E-state index contributed by atoms with van der Waals surface area (Å²) in [6.07, 6.45) is 4.65. The molecule has 1 aromatic heterocycles. The van der Waals surface area contributed by atoms with Gasteiger partial charge in [0.15, 0.2) is 0 Å². The first-order chi connectivity index (χ1) is 16.0. The second-order valence-corrected chi connectivity index (χ2v) is 8.43. The van der Waals surface area contributed by atoms with Crippen molar-refractivity contribution in [2.75, 3.05) is 39.5 Å². The van der Waals surface area contributed by atoms with Gasteiger partial charge in [0.05, 0.1) is 19.8 Å². The van der Waals surface area contributed by atoms with Crippen LogP contribution in [0.25, 0.3) is 0 Å².